The Kier molecular flexibility index (Phi) is 5.53. The van der Waals surface area contributed by atoms with Crippen LogP contribution in [-0.2, 0) is 20.2 Å². The van der Waals surface area contributed by atoms with Gasteiger partial charge in [-0.2, -0.15) is 0 Å². The van der Waals surface area contributed by atoms with Crippen LogP contribution in [0.25, 0.3) is 11.1 Å². The Hall–Kier alpha value is -2.49. The molecule has 0 radical (unpaired) electrons. The quantitative estimate of drug-likeness (QED) is 0.440. The molecular weight excluding hydrogens is 423 g/mol. The summed E-state index contributed by atoms with van der Waals surface area (Å²) in [4.78, 5) is 0. The van der Waals surface area contributed by atoms with Gasteiger partial charge in [-0.05, 0) is 43.2 Å². The lowest BCUT2D eigenvalue weighted by molar-refractivity contribution is -0.480. The highest BCUT2D eigenvalue weighted by Crippen LogP contribution is 2.46. The Labute approximate surface area is 175 Å². The van der Waals surface area contributed by atoms with E-state index in [1.165, 1.54) is 0 Å². The Morgan fingerprint density at radius 3 is 1.90 bits per heavy atom. The zero-order valence-electron chi connectivity index (χ0n) is 16.7. The van der Waals surface area contributed by atoms with Crippen molar-refractivity contribution in [3.05, 3.63) is 65.2 Å². The molecule has 3 aliphatic heterocycles. The molecule has 0 saturated carbocycles. The maximum atomic E-state index is 14.9. The topological polar surface area (TPSA) is 36.9 Å². The van der Waals surface area contributed by atoms with Crippen molar-refractivity contribution in [2.24, 2.45) is 5.41 Å². The standard InChI is InChI=1S/C22H19F5O4/c1-3-21-9-29-22(30-10-21,31-11-21)14-6-15(24)19(16(25)7-14)13-4-17(26)20(18(27)5-13)28-8-12(2)23/h4-8H,3,9-11H2,1-2H3/b12-8+. The first-order chi connectivity index (χ1) is 14.7. The average molecular weight is 442 g/mol. The highest BCUT2D eigenvalue weighted by atomic mass is 19.1. The van der Waals surface area contributed by atoms with Crippen LogP contribution in [0.3, 0.4) is 0 Å². The van der Waals surface area contributed by atoms with Gasteiger partial charge in [-0.3, -0.25) is 0 Å². The highest BCUT2D eigenvalue weighted by molar-refractivity contribution is 5.66. The van der Waals surface area contributed by atoms with E-state index in [4.69, 9.17) is 14.2 Å². The van der Waals surface area contributed by atoms with Crippen molar-refractivity contribution in [1.82, 2.24) is 0 Å². The van der Waals surface area contributed by atoms with E-state index < -0.39 is 51.9 Å². The number of benzene rings is 2. The fraction of sp³-hybridized carbons (Fsp3) is 0.364. The summed E-state index contributed by atoms with van der Waals surface area (Å²) in [7, 11) is 0. The number of ether oxygens (including phenoxy) is 4. The third-order valence-corrected chi connectivity index (χ3v) is 5.48. The summed E-state index contributed by atoms with van der Waals surface area (Å²) in [5.41, 5.74) is -1.40. The van der Waals surface area contributed by atoms with E-state index in [1.54, 1.807) is 0 Å². The fourth-order valence-electron chi connectivity index (χ4n) is 3.53. The van der Waals surface area contributed by atoms with Crippen LogP contribution in [0, 0.1) is 28.7 Å². The van der Waals surface area contributed by atoms with Gasteiger partial charge in [-0.25, -0.2) is 22.0 Å². The van der Waals surface area contributed by atoms with Crippen LogP contribution in [0.2, 0.25) is 0 Å². The van der Waals surface area contributed by atoms with Crippen molar-refractivity contribution in [3.63, 3.8) is 0 Å². The molecule has 0 atom stereocenters. The van der Waals surface area contributed by atoms with Crippen LogP contribution < -0.4 is 4.74 Å². The first-order valence-corrected chi connectivity index (χ1v) is 9.58. The van der Waals surface area contributed by atoms with Crippen LogP contribution in [0.1, 0.15) is 25.8 Å². The summed E-state index contributed by atoms with van der Waals surface area (Å²) in [5, 5.41) is 0. The van der Waals surface area contributed by atoms with Crippen LogP contribution in [0.4, 0.5) is 22.0 Å². The largest absolute Gasteiger partial charge is 0.456 e. The van der Waals surface area contributed by atoms with E-state index in [1.807, 2.05) is 6.92 Å². The van der Waals surface area contributed by atoms with Crippen molar-refractivity contribution in [3.8, 4) is 16.9 Å². The fourth-order valence-corrected chi connectivity index (χ4v) is 3.53. The van der Waals surface area contributed by atoms with Gasteiger partial charge in [0.2, 0.25) is 0 Å². The average Bonchev–Trinajstić information content (AvgIpc) is 2.74. The number of halogens is 5. The monoisotopic (exact) mass is 442 g/mol. The molecule has 31 heavy (non-hydrogen) atoms. The van der Waals surface area contributed by atoms with Crippen LogP contribution in [-0.4, -0.2) is 19.8 Å². The number of hydrogen-bond donors (Lipinski definition) is 0. The lowest BCUT2D eigenvalue weighted by Gasteiger charge is -2.51. The molecule has 2 aromatic rings. The number of allylic oxidation sites excluding steroid dienone is 1. The molecule has 5 rings (SSSR count). The number of rotatable bonds is 5. The summed E-state index contributed by atoms with van der Waals surface area (Å²) in [6, 6.07) is 3.27. The molecule has 2 aromatic carbocycles. The van der Waals surface area contributed by atoms with Crippen LogP contribution >= 0.6 is 0 Å². The lowest BCUT2D eigenvalue weighted by Crippen LogP contribution is -2.58. The van der Waals surface area contributed by atoms with Gasteiger partial charge in [-0.15, -0.1) is 0 Å². The predicted octanol–water partition coefficient (Wildman–Crippen LogP) is 5.70. The molecule has 0 amide bonds. The highest BCUT2D eigenvalue weighted by Gasteiger charge is 2.53. The Morgan fingerprint density at radius 2 is 1.45 bits per heavy atom. The maximum Gasteiger partial charge on any atom is 0.312 e. The minimum absolute atomic E-state index is 0.0416. The predicted molar refractivity (Wildman–Crippen MR) is 99.5 cm³/mol. The zero-order chi connectivity index (χ0) is 22.4. The molecule has 9 heteroatoms. The van der Waals surface area contributed by atoms with E-state index in [-0.39, 0.29) is 11.0 Å². The van der Waals surface area contributed by atoms with E-state index in [9.17, 15) is 22.0 Å². The third-order valence-electron chi connectivity index (χ3n) is 5.48. The summed E-state index contributed by atoms with van der Waals surface area (Å²) < 4.78 is 92.6. The molecule has 2 bridgehead atoms. The van der Waals surface area contributed by atoms with Gasteiger partial charge < -0.3 is 18.9 Å². The van der Waals surface area contributed by atoms with Gasteiger partial charge in [0.1, 0.15) is 23.7 Å². The second kappa shape index (κ2) is 7.89. The molecule has 3 heterocycles. The van der Waals surface area contributed by atoms with Crippen molar-refractivity contribution in [2.45, 2.75) is 26.2 Å². The van der Waals surface area contributed by atoms with E-state index in [0.29, 0.717) is 38.2 Å². The van der Waals surface area contributed by atoms with Gasteiger partial charge in [0.25, 0.3) is 0 Å². The first-order valence-electron chi connectivity index (χ1n) is 9.58. The molecule has 4 nitrogen and oxygen atoms in total. The summed E-state index contributed by atoms with van der Waals surface area (Å²) in [5.74, 6) is -8.13. The van der Waals surface area contributed by atoms with Gasteiger partial charge in [-0.1, -0.05) is 6.92 Å². The molecule has 3 aliphatic rings. The summed E-state index contributed by atoms with van der Waals surface area (Å²) >= 11 is 0. The molecule has 0 unspecified atom stereocenters. The van der Waals surface area contributed by atoms with Gasteiger partial charge in [0.15, 0.2) is 17.4 Å². The molecule has 0 aromatic heterocycles. The molecule has 166 valence electrons. The van der Waals surface area contributed by atoms with E-state index in [2.05, 4.69) is 4.74 Å². The van der Waals surface area contributed by atoms with E-state index >= 15 is 0 Å². The minimum atomic E-state index is -1.73. The maximum absolute atomic E-state index is 14.9. The zero-order valence-corrected chi connectivity index (χ0v) is 16.7. The SMILES string of the molecule is CCC12COC(c3cc(F)c(-c4cc(F)c(O/C=C(\C)F)c(F)c4)c(F)c3)(OC1)OC2. The first kappa shape index (κ1) is 21.7. The lowest BCUT2D eigenvalue weighted by atomic mass is 9.85. The van der Waals surface area contributed by atoms with Gasteiger partial charge >= 0.3 is 5.97 Å². The molecular formula is C22H19F5O4. The van der Waals surface area contributed by atoms with Crippen molar-refractivity contribution in [1.29, 1.82) is 0 Å². The molecule has 0 N–H and O–H groups in total. The Bertz CT molecular complexity index is 978. The normalized spacial score (nSPS) is 25.7. The second-order valence-electron chi connectivity index (χ2n) is 7.68. The van der Waals surface area contributed by atoms with Crippen molar-refractivity contribution < 1.29 is 40.9 Å². The smallest absolute Gasteiger partial charge is 0.312 e. The van der Waals surface area contributed by atoms with Gasteiger partial charge in [0, 0.05) is 11.0 Å². The summed E-state index contributed by atoms with van der Waals surface area (Å²) in [6.07, 6.45) is 1.26. The second-order valence-corrected chi connectivity index (χ2v) is 7.68. The minimum Gasteiger partial charge on any atom is -0.456 e. The molecule has 0 aliphatic carbocycles. The van der Waals surface area contributed by atoms with Crippen molar-refractivity contribution in [2.75, 3.05) is 19.8 Å². The Balaban J connectivity index is 1.68. The summed E-state index contributed by atoms with van der Waals surface area (Å²) in [6.45, 7) is 3.90. The third kappa shape index (κ3) is 3.81. The van der Waals surface area contributed by atoms with Crippen LogP contribution in [0.5, 0.6) is 5.75 Å². The molecule has 0 spiro atoms. The number of hydrogen-bond acceptors (Lipinski definition) is 4. The van der Waals surface area contributed by atoms with Gasteiger partial charge in [0.05, 0.1) is 25.4 Å². The Morgan fingerprint density at radius 1 is 0.935 bits per heavy atom. The molecule has 3 fully saturated rings. The number of fused-ring (bicyclic) bond motifs is 3. The van der Waals surface area contributed by atoms with E-state index in [0.717, 1.165) is 25.5 Å². The molecule has 3 saturated heterocycles. The van der Waals surface area contributed by atoms with Crippen molar-refractivity contribution >= 4 is 0 Å². The van der Waals surface area contributed by atoms with Crippen LogP contribution in [0.15, 0.2) is 36.4 Å².